The summed E-state index contributed by atoms with van der Waals surface area (Å²) in [5.41, 5.74) is 2.65. The molecule has 1 unspecified atom stereocenters. The zero-order valence-electron chi connectivity index (χ0n) is 16.9. The van der Waals surface area contributed by atoms with Crippen molar-refractivity contribution in [2.24, 2.45) is 0 Å². The fourth-order valence-corrected chi connectivity index (χ4v) is 4.50. The van der Waals surface area contributed by atoms with Crippen molar-refractivity contribution in [3.05, 3.63) is 89.7 Å². The summed E-state index contributed by atoms with van der Waals surface area (Å²) in [4.78, 5) is 26.1. The molecule has 1 N–H and O–H groups in total. The lowest BCUT2D eigenvalue weighted by atomic mass is 10.1. The molecule has 0 spiro atoms. The van der Waals surface area contributed by atoms with Crippen LogP contribution >= 0.6 is 11.8 Å². The number of ether oxygens (including phenoxy) is 1. The smallest absolute Gasteiger partial charge is 0.262 e. The maximum atomic E-state index is 14.4. The molecule has 0 aliphatic carbocycles. The third-order valence-electron chi connectivity index (χ3n) is 4.82. The minimum atomic E-state index is -0.422. The van der Waals surface area contributed by atoms with E-state index in [0.717, 1.165) is 11.1 Å². The highest BCUT2D eigenvalue weighted by atomic mass is 32.2. The zero-order chi connectivity index (χ0) is 21.8. The van der Waals surface area contributed by atoms with Crippen LogP contribution in [-0.4, -0.2) is 24.2 Å². The van der Waals surface area contributed by atoms with Crippen molar-refractivity contribution in [1.82, 2.24) is 0 Å². The molecule has 1 heterocycles. The minimum Gasteiger partial charge on any atom is -0.484 e. The number of carbonyl (C=O) groups excluding carboxylic acids is 2. The molecule has 3 aromatic carbocycles. The van der Waals surface area contributed by atoms with E-state index in [1.165, 1.54) is 22.7 Å². The summed E-state index contributed by atoms with van der Waals surface area (Å²) in [6, 6.07) is 21.1. The van der Waals surface area contributed by atoms with Crippen molar-refractivity contribution >= 4 is 35.0 Å². The first-order chi connectivity index (χ1) is 15.0. The maximum Gasteiger partial charge on any atom is 0.262 e. The number of amides is 2. The molecule has 1 fully saturated rings. The molecule has 1 saturated heterocycles. The van der Waals surface area contributed by atoms with Gasteiger partial charge in [0.1, 0.15) is 16.9 Å². The quantitative estimate of drug-likeness (QED) is 0.595. The molecule has 31 heavy (non-hydrogen) atoms. The molecular formula is C24H21FN2O3S. The topological polar surface area (TPSA) is 58.6 Å². The number of hydrogen-bond acceptors (Lipinski definition) is 4. The van der Waals surface area contributed by atoms with Gasteiger partial charge >= 0.3 is 0 Å². The fourth-order valence-electron chi connectivity index (χ4n) is 3.33. The molecule has 0 radical (unpaired) electrons. The summed E-state index contributed by atoms with van der Waals surface area (Å²) < 4.78 is 19.9. The average molecular weight is 437 g/mol. The Balaban J connectivity index is 1.44. The van der Waals surface area contributed by atoms with Gasteiger partial charge in [-0.3, -0.25) is 14.5 Å². The van der Waals surface area contributed by atoms with E-state index in [0.29, 0.717) is 11.4 Å². The Morgan fingerprint density at radius 2 is 1.87 bits per heavy atom. The van der Waals surface area contributed by atoms with Crippen LogP contribution in [0.1, 0.15) is 16.5 Å². The molecule has 3 aromatic rings. The van der Waals surface area contributed by atoms with Crippen LogP contribution < -0.4 is 15.0 Å². The lowest BCUT2D eigenvalue weighted by molar-refractivity contribution is -0.118. The average Bonchev–Trinajstić information content (AvgIpc) is 3.16. The Bertz CT molecular complexity index is 1090. The summed E-state index contributed by atoms with van der Waals surface area (Å²) in [6.45, 7) is 1.77. The van der Waals surface area contributed by atoms with Gasteiger partial charge in [-0.25, -0.2) is 4.39 Å². The highest BCUT2D eigenvalue weighted by molar-refractivity contribution is 8.00. The number of anilines is 2. The van der Waals surface area contributed by atoms with Gasteiger partial charge in [-0.2, -0.15) is 0 Å². The Morgan fingerprint density at radius 3 is 2.61 bits per heavy atom. The minimum absolute atomic E-state index is 0.0981. The highest BCUT2D eigenvalue weighted by Crippen LogP contribution is 2.42. The fraction of sp³-hybridized carbons (Fsp3) is 0.167. The normalized spacial score (nSPS) is 15.7. The largest absolute Gasteiger partial charge is 0.484 e. The van der Waals surface area contributed by atoms with Gasteiger partial charge in [-0.05, 0) is 54.4 Å². The van der Waals surface area contributed by atoms with Gasteiger partial charge in [0.15, 0.2) is 6.61 Å². The molecule has 2 amide bonds. The van der Waals surface area contributed by atoms with E-state index in [1.54, 1.807) is 36.4 Å². The molecule has 0 bridgehead atoms. The van der Waals surface area contributed by atoms with E-state index in [9.17, 15) is 14.0 Å². The first-order valence-electron chi connectivity index (χ1n) is 9.79. The Morgan fingerprint density at radius 1 is 1.13 bits per heavy atom. The first-order valence-corrected chi connectivity index (χ1v) is 10.8. The SMILES string of the molecule is Cc1ccc(F)c(N2C(=O)CSC2c2ccc(NC(=O)COc3ccccc3)cc2)c1. The summed E-state index contributed by atoms with van der Waals surface area (Å²) in [7, 11) is 0. The van der Waals surface area contributed by atoms with E-state index in [2.05, 4.69) is 5.32 Å². The van der Waals surface area contributed by atoms with Gasteiger partial charge in [-0.1, -0.05) is 36.4 Å². The van der Waals surface area contributed by atoms with Crippen LogP contribution in [0.3, 0.4) is 0 Å². The molecule has 7 heteroatoms. The number of hydrogen-bond donors (Lipinski definition) is 1. The van der Waals surface area contributed by atoms with Gasteiger partial charge in [0.05, 0.1) is 11.4 Å². The Kier molecular flexibility index (Phi) is 6.23. The number of nitrogens with one attached hydrogen (secondary N) is 1. The molecule has 0 aromatic heterocycles. The van der Waals surface area contributed by atoms with Gasteiger partial charge in [-0.15, -0.1) is 11.8 Å². The van der Waals surface area contributed by atoms with Crippen LogP contribution in [0.25, 0.3) is 0 Å². The number of thioether (sulfide) groups is 1. The van der Waals surface area contributed by atoms with Gasteiger partial charge in [0.2, 0.25) is 5.91 Å². The van der Waals surface area contributed by atoms with Crippen LogP contribution in [0.5, 0.6) is 5.75 Å². The predicted molar refractivity (Wildman–Crippen MR) is 121 cm³/mol. The van der Waals surface area contributed by atoms with Crippen LogP contribution in [0, 0.1) is 12.7 Å². The lowest BCUT2D eigenvalue weighted by Gasteiger charge is -2.25. The van der Waals surface area contributed by atoms with Gasteiger partial charge in [0.25, 0.3) is 5.91 Å². The molecule has 0 saturated carbocycles. The van der Waals surface area contributed by atoms with Crippen molar-refractivity contribution in [3.63, 3.8) is 0 Å². The standard InChI is InChI=1S/C24H21FN2O3S/c1-16-7-12-20(25)21(13-16)27-23(29)15-31-24(27)17-8-10-18(11-9-17)26-22(28)14-30-19-5-3-2-4-6-19/h2-13,24H,14-15H2,1H3,(H,26,28). The van der Waals surface area contributed by atoms with Crippen LogP contribution in [0.15, 0.2) is 72.8 Å². The van der Waals surface area contributed by atoms with E-state index >= 15 is 0 Å². The van der Waals surface area contributed by atoms with Crippen molar-refractivity contribution < 1.29 is 18.7 Å². The predicted octanol–water partition coefficient (Wildman–Crippen LogP) is 4.93. The number of rotatable bonds is 6. The van der Waals surface area contributed by atoms with Crippen molar-refractivity contribution in [3.8, 4) is 5.75 Å². The van der Waals surface area contributed by atoms with Gasteiger partial charge in [0, 0.05) is 5.69 Å². The molecule has 1 aliphatic heterocycles. The molecule has 1 aliphatic rings. The lowest BCUT2D eigenvalue weighted by Crippen LogP contribution is -2.28. The van der Waals surface area contributed by atoms with Crippen molar-refractivity contribution in [2.75, 3.05) is 22.6 Å². The second-order valence-electron chi connectivity index (χ2n) is 7.15. The Hall–Kier alpha value is -3.32. The number of para-hydroxylation sites is 1. The number of nitrogens with zero attached hydrogens (tertiary/aromatic N) is 1. The van der Waals surface area contributed by atoms with E-state index in [4.69, 9.17) is 4.74 Å². The monoisotopic (exact) mass is 436 g/mol. The van der Waals surface area contributed by atoms with Gasteiger partial charge < -0.3 is 10.1 Å². The number of aryl methyl sites for hydroxylation is 1. The van der Waals surface area contributed by atoms with E-state index in [1.807, 2.05) is 37.3 Å². The molecule has 5 nitrogen and oxygen atoms in total. The number of benzene rings is 3. The molecular weight excluding hydrogens is 415 g/mol. The summed E-state index contributed by atoms with van der Waals surface area (Å²) in [5, 5.41) is 2.46. The third kappa shape index (κ3) is 4.88. The van der Waals surface area contributed by atoms with Crippen molar-refractivity contribution in [1.29, 1.82) is 0 Å². The summed E-state index contributed by atoms with van der Waals surface area (Å²) >= 11 is 1.45. The highest BCUT2D eigenvalue weighted by Gasteiger charge is 2.35. The van der Waals surface area contributed by atoms with Crippen molar-refractivity contribution in [2.45, 2.75) is 12.3 Å². The number of carbonyl (C=O) groups is 2. The zero-order valence-corrected chi connectivity index (χ0v) is 17.7. The summed E-state index contributed by atoms with van der Waals surface area (Å²) in [6.07, 6.45) is 0. The summed E-state index contributed by atoms with van der Waals surface area (Å²) in [5.74, 6) is 0.0847. The number of halogens is 1. The molecule has 158 valence electrons. The molecule has 4 rings (SSSR count). The van der Waals surface area contributed by atoms with Crippen LogP contribution in [-0.2, 0) is 9.59 Å². The Labute approximate surface area is 184 Å². The third-order valence-corrected chi connectivity index (χ3v) is 6.03. The second kappa shape index (κ2) is 9.22. The van der Waals surface area contributed by atoms with Crippen LogP contribution in [0.2, 0.25) is 0 Å². The van der Waals surface area contributed by atoms with Crippen LogP contribution in [0.4, 0.5) is 15.8 Å². The second-order valence-corrected chi connectivity index (χ2v) is 8.22. The maximum absolute atomic E-state index is 14.4. The molecule has 1 atom stereocenters. The first kappa shape index (κ1) is 20.9. The van der Waals surface area contributed by atoms with E-state index in [-0.39, 0.29) is 35.2 Å². The van der Waals surface area contributed by atoms with E-state index < -0.39 is 5.82 Å².